The fraction of sp³-hybridized carbons (Fsp3) is 0.543. The molecule has 2 aromatic carbocycles. The van der Waals surface area contributed by atoms with Gasteiger partial charge in [0.05, 0.1) is 29.8 Å². The number of hydrogen-bond acceptors (Lipinski definition) is 13. The maximum Gasteiger partial charge on any atom is 0.329 e. The first-order valence-corrected chi connectivity index (χ1v) is 17.6. The van der Waals surface area contributed by atoms with Crippen molar-refractivity contribution in [1.29, 1.82) is 5.26 Å². The van der Waals surface area contributed by atoms with Gasteiger partial charge < -0.3 is 39.2 Å². The van der Waals surface area contributed by atoms with E-state index >= 15 is 0 Å². The quantitative estimate of drug-likeness (QED) is 0.282. The van der Waals surface area contributed by atoms with E-state index in [9.17, 15) is 24.8 Å². The Labute approximate surface area is 293 Å². The number of phenolic OH excluding ortho intramolecular Hbond substituents is 1. The summed E-state index contributed by atoms with van der Waals surface area (Å²) >= 11 is 1.37. The lowest BCUT2D eigenvalue weighted by atomic mass is 9.71. The van der Waals surface area contributed by atoms with Crippen LogP contribution in [0.1, 0.15) is 69.1 Å². The van der Waals surface area contributed by atoms with E-state index in [0.717, 1.165) is 22.3 Å². The first-order valence-electron chi connectivity index (χ1n) is 16.6. The van der Waals surface area contributed by atoms with Crippen LogP contribution in [0.25, 0.3) is 0 Å². The van der Waals surface area contributed by atoms with Gasteiger partial charge in [-0.05, 0) is 50.9 Å². The fourth-order valence-electron chi connectivity index (χ4n) is 8.44. The number of amides is 1. The minimum atomic E-state index is -1.12. The summed E-state index contributed by atoms with van der Waals surface area (Å²) in [6.45, 7) is 5.61. The minimum Gasteiger partial charge on any atom is -0.507 e. The van der Waals surface area contributed by atoms with Crippen molar-refractivity contribution in [2.24, 2.45) is 0 Å². The number of carbonyl (C=O) groups is 3. The van der Waals surface area contributed by atoms with Gasteiger partial charge in [0.15, 0.2) is 18.3 Å². The van der Waals surface area contributed by atoms with E-state index in [2.05, 4.69) is 27.3 Å². The van der Waals surface area contributed by atoms with Crippen LogP contribution in [0.4, 0.5) is 0 Å². The van der Waals surface area contributed by atoms with Gasteiger partial charge in [-0.1, -0.05) is 6.07 Å². The topological polar surface area (TPSA) is 180 Å². The van der Waals surface area contributed by atoms with Gasteiger partial charge in [-0.15, -0.1) is 11.8 Å². The zero-order chi connectivity index (χ0) is 35.6. The lowest BCUT2D eigenvalue weighted by molar-refractivity contribution is -0.152. The SMILES string of the molecule is COCOc1c(C)c(C)cc2c1[C@@H]1C3[C@@H]4SC[C@H](NC(=O)CCC(=O)O)C(=O)OC[C@H](c5c6c(c(C)c(O)c54)OCO6)N3[C@@H](C#N)[C@H](C2)N1C. The van der Waals surface area contributed by atoms with Crippen LogP contribution >= 0.6 is 11.8 Å². The molecule has 1 unspecified atom stereocenters. The molecular formula is C35H40N4O10S. The highest BCUT2D eigenvalue weighted by Crippen LogP contribution is 2.63. The number of nitriles is 1. The number of rotatable bonds is 7. The molecule has 4 bridgehead atoms. The predicted octanol–water partition coefficient (Wildman–Crippen LogP) is 2.94. The molecule has 5 aliphatic rings. The third-order valence-electron chi connectivity index (χ3n) is 10.8. The highest BCUT2D eigenvalue weighted by Gasteiger charge is 2.60. The Morgan fingerprint density at radius 3 is 2.60 bits per heavy atom. The lowest BCUT2D eigenvalue weighted by Gasteiger charge is -2.61. The van der Waals surface area contributed by atoms with Crippen LogP contribution in [-0.2, 0) is 30.3 Å². The summed E-state index contributed by atoms with van der Waals surface area (Å²) in [7, 11) is 3.59. The third kappa shape index (κ3) is 5.31. The Balaban J connectivity index is 1.44. The number of nitrogens with zero attached hydrogens (tertiary/aromatic N) is 3. The first kappa shape index (κ1) is 34.2. The van der Waals surface area contributed by atoms with Crippen molar-refractivity contribution in [3.63, 3.8) is 0 Å². The maximum atomic E-state index is 13.6. The van der Waals surface area contributed by atoms with Gasteiger partial charge in [0.2, 0.25) is 12.7 Å². The van der Waals surface area contributed by atoms with E-state index in [0.29, 0.717) is 40.4 Å². The summed E-state index contributed by atoms with van der Waals surface area (Å²) in [6, 6.07) is 1.29. The molecule has 2 saturated heterocycles. The number of aliphatic carboxylic acids is 1. The number of ether oxygens (including phenoxy) is 5. The number of carboxylic acid groups (broad SMARTS) is 1. The number of phenols is 1. The molecule has 5 heterocycles. The van der Waals surface area contributed by atoms with Gasteiger partial charge in [0.1, 0.15) is 30.2 Å². The molecule has 1 amide bonds. The number of cyclic esters (lactones) is 1. The van der Waals surface area contributed by atoms with Crippen LogP contribution in [-0.4, -0.2) is 102 Å². The number of benzene rings is 2. The van der Waals surface area contributed by atoms with E-state index in [1.807, 2.05) is 20.9 Å². The highest BCUT2D eigenvalue weighted by molar-refractivity contribution is 7.99. The average molecular weight is 709 g/mol. The van der Waals surface area contributed by atoms with E-state index < -0.39 is 47.3 Å². The summed E-state index contributed by atoms with van der Waals surface area (Å²) in [5.74, 6) is -0.721. The number of esters is 1. The number of methoxy groups -OCH3 is 1. The number of aryl methyl sites for hydroxylation is 1. The van der Waals surface area contributed by atoms with Crippen molar-refractivity contribution < 1.29 is 48.3 Å². The summed E-state index contributed by atoms with van der Waals surface area (Å²) in [6.07, 6.45) is -0.101. The predicted molar refractivity (Wildman–Crippen MR) is 178 cm³/mol. The van der Waals surface area contributed by atoms with Crippen molar-refractivity contribution in [1.82, 2.24) is 15.1 Å². The number of likely N-dealkylation sites (N-methyl/N-ethyl adjacent to an activating group) is 1. The summed E-state index contributed by atoms with van der Waals surface area (Å²) in [5.41, 5.74) is 5.82. The van der Waals surface area contributed by atoms with Crippen molar-refractivity contribution in [2.45, 2.75) is 81.5 Å². The Kier molecular flexibility index (Phi) is 9.00. The number of carbonyl (C=O) groups excluding carboxylic acids is 2. The van der Waals surface area contributed by atoms with Gasteiger partial charge in [-0.2, -0.15) is 5.26 Å². The molecule has 0 aromatic heterocycles. The molecular weight excluding hydrogens is 668 g/mol. The molecule has 15 heteroatoms. The van der Waals surface area contributed by atoms with E-state index in [4.69, 9.17) is 28.8 Å². The van der Waals surface area contributed by atoms with Crippen LogP contribution in [0.15, 0.2) is 6.07 Å². The Hall–Kier alpha value is -4.23. The lowest BCUT2D eigenvalue weighted by Crippen LogP contribution is -2.69. The number of hydrogen-bond donors (Lipinski definition) is 3. The van der Waals surface area contributed by atoms with Crippen molar-refractivity contribution in [3.8, 4) is 29.1 Å². The highest BCUT2D eigenvalue weighted by atomic mass is 32.2. The molecule has 2 fully saturated rings. The largest absolute Gasteiger partial charge is 0.507 e. The Morgan fingerprint density at radius 1 is 1.12 bits per heavy atom. The second kappa shape index (κ2) is 13.1. The number of fused-ring (bicyclic) bond motifs is 9. The van der Waals surface area contributed by atoms with Gasteiger partial charge in [-0.3, -0.25) is 19.4 Å². The zero-order valence-electron chi connectivity index (χ0n) is 28.5. The van der Waals surface area contributed by atoms with Crippen LogP contribution in [0.2, 0.25) is 0 Å². The fourth-order valence-corrected chi connectivity index (χ4v) is 9.95. The second-order valence-electron chi connectivity index (χ2n) is 13.4. The van der Waals surface area contributed by atoms with Crippen LogP contribution in [0.3, 0.4) is 0 Å². The Morgan fingerprint density at radius 2 is 1.88 bits per heavy atom. The molecule has 5 aliphatic heterocycles. The monoisotopic (exact) mass is 708 g/mol. The van der Waals surface area contributed by atoms with E-state index in [1.54, 1.807) is 14.0 Å². The number of thioether (sulfide) groups is 1. The number of nitrogens with one attached hydrogen (secondary N) is 1. The first-order chi connectivity index (χ1) is 24.0. The number of piperazine rings is 1. The number of carboxylic acids is 1. The maximum absolute atomic E-state index is 13.6. The summed E-state index contributed by atoms with van der Waals surface area (Å²) in [5, 5.41) is 34.2. The molecule has 7 rings (SSSR count). The molecule has 266 valence electrons. The van der Waals surface area contributed by atoms with Gasteiger partial charge in [0.25, 0.3) is 0 Å². The molecule has 0 saturated carbocycles. The zero-order valence-corrected chi connectivity index (χ0v) is 29.3. The van der Waals surface area contributed by atoms with Crippen LogP contribution < -0.4 is 19.5 Å². The molecule has 0 spiro atoms. The number of aromatic hydroxyl groups is 1. The van der Waals surface area contributed by atoms with Crippen LogP contribution in [0.5, 0.6) is 23.0 Å². The molecule has 2 aromatic rings. The van der Waals surface area contributed by atoms with Crippen molar-refractivity contribution in [2.75, 3.05) is 40.1 Å². The van der Waals surface area contributed by atoms with E-state index in [-0.39, 0.29) is 56.6 Å². The van der Waals surface area contributed by atoms with Crippen molar-refractivity contribution in [3.05, 3.63) is 45.0 Å². The van der Waals surface area contributed by atoms with Crippen molar-refractivity contribution >= 4 is 29.6 Å². The normalized spacial score (nSPS) is 28.1. The van der Waals surface area contributed by atoms with E-state index in [1.165, 1.54) is 11.8 Å². The Bertz CT molecular complexity index is 1810. The average Bonchev–Trinajstić information content (AvgIpc) is 3.58. The van der Waals surface area contributed by atoms with Gasteiger partial charge >= 0.3 is 11.9 Å². The molecule has 0 aliphatic carbocycles. The smallest absolute Gasteiger partial charge is 0.329 e. The third-order valence-corrected chi connectivity index (χ3v) is 12.2. The van der Waals surface area contributed by atoms with Gasteiger partial charge in [-0.25, -0.2) is 4.79 Å². The molecule has 7 atom stereocenters. The molecule has 50 heavy (non-hydrogen) atoms. The molecule has 14 nitrogen and oxygen atoms in total. The van der Waals surface area contributed by atoms with Crippen LogP contribution in [0, 0.1) is 32.1 Å². The molecule has 0 radical (unpaired) electrons. The standard InChI is InChI=1S/C35H40N4O10S/c1-15-8-18-9-20-21(10-36)39-22-11-46-35(44)19(37-23(40)6-7-24(41)42)12-50-34(27-26(22)33-32(48-14-49-33)17(3)30(27)43)29(39)28(38(20)4)25(18)31(16(15)2)47-13-45-5/h8,19-22,28-29,34,43H,6-7,9,11-14H2,1-5H3,(H,37,40)(H,41,42)/t19-,20-,21-,22+,28+,29?,34+/m0/s1. The second-order valence-corrected chi connectivity index (χ2v) is 14.6. The minimum absolute atomic E-state index is 0.0330. The van der Waals surface area contributed by atoms with Gasteiger partial charge in [0, 0.05) is 53.6 Å². The molecule has 3 N–H and O–H groups in total. The summed E-state index contributed by atoms with van der Waals surface area (Å²) in [4.78, 5) is 41.9. The summed E-state index contributed by atoms with van der Waals surface area (Å²) < 4.78 is 29.6.